The van der Waals surface area contributed by atoms with Crippen LogP contribution in [0.15, 0.2) is 18.3 Å². The summed E-state index contributed by atoms with van der Waals surface area (Å²) >= 11 is 0. The van der Waals surface area contributed by atoms with Crippen LogP contribution in [0.3, 0.4) is 0 Å². The molecule has 0 aromatic carbocycles. The molecule has 2 aromatic rings. The molecule has 4 nitrogen and oxygen atoms in total. The first-order chi connectivity index (χ1) is 7.83. The molecule has 3 rings (SSSR count). The Labute approximate surface area is 92.9 Å². The molecule has 1 aliphatic carbocycles. The van der Waals surface area contributed by atoms with Crippen LogP contribution in [0, 0.1) is 0 Å². The first kappa shape index (κ1) is 9.39. The average Bonchev–Trinajstić information content (AvgIpc) is 3.10. The number of carbonyl (C=O) groups is 1. The van der Waals surface area contributed by atoms with Crippen molar-refractivity contribution in [2.24, 2.45) is 0 Å². The van der Waals surface area contributed by atoms with E-state index in [1.165, 1.54) is 0 Å². The maximum atomic E-state index is 10.9. The molecule has 1 aliphatic rings. The number of rotatable bonds is 3. The summed E-state index contributed by atoms with van der Waals surface area (Å²) in [7, 11) is 1.63. The van der Waals surface area contributed by atoms with Crippen molar-refractivity contribution in [3.63, 3.8) is 0 Å². The molecular weight excluding hydrogens is 204 g/mol. The van der Waals surface area contributed by atoms with E-state index >= 15 is 0 Å². The average molecular weight is 216 g/mol. The number of nitrogens with zero attached hydrogens (tertiary/aromatic N) is 2. The van der Waals surface area contributed by atoms with Gasteiger partial charge in [0, 0.05) is 5.92 Å². The van der Waals surface area contributed by atoms with Crippen molar-refractivity contribution < 1.29 is 9.53 Å². The van der Waals surface area contributed by atoms with Gasteiger partial charge in [-0.25, -0.2) is 4.98 Å². The third kappa shape index (κ3) is 1.30. The monoisotopic (exact) mass is 216 g/mol. The van der Waals surface area contributed by atoms with Crippen LogP contribution in [0.25, 0.3) is 5.52 Å². The molecule has 82 valence electrons. The van der Waals surface area contributed by atoms with Gasteiger partial charge in [-0.3, -0.25) is 9.20 Å². The normalized spacial score (nSPS) is 15.3. The molecule has 0 unspecified atom stereocenters. The summed E-state index contributed by atoms with van der Waals surface area (Å²) in [5, 5.41) is 0. The zero-order valence-corrected chi connectivity index (χ0v) is 9.01. The number of aromatic nitrogens is 2. The van der Waals surface area contributed by atoms with Gasteiger partial charge in [0.2, 0.25) is 0 Å². The Kier molecular flexibility index (Phi) is 1.96. The Morgan fingerprint density at radius 1 is 1.50 bits per heavy atom. The van der Waals surface area contributed by atoms with E-state index in [0.717, 1.165) is 36.2 Å². The number of hydrogen-bond acceptors (Lipinski definition) is 3. The number of carbonyl (C=O) groups excluding carboxylic acids is 1. The van der Waals surface area contributed by atoms with Crippen LogP contribution in [0.1, 0.15) is 35.1 Å². The second-order valence-corrected chi connectivity index (χ2v) is 4.07. The van der Waals surface area contributed by atoms with Crippen molar-refractivity contribution in [2.75, 3.05) is 7.11 Å². The number of aldehydes is 1. The fourth-order valence-corrected chi connectivity index (χ4v) is 1.95. The van der Waals surface area contributed by atoms with E-state index in [2.05, 4.69) is 4.98 Å². The molecule has 0 amide bonds. The van der Waals surface area contributed by atoms with Crippen LogP contribution in [0.4, 0.5) is 0 Å². The maximum absolute atomic E-state index is 10.9. The minimum absolute atomic E-state index is 0.508. The summed E-state index contributed by atoms with van der Waals surface area (Å²) in [6.07, 6.45) is 5.03. The largest absolute Gasteiger partial charge is 0.495 e. The second kappa shape index (κ2) is 3.33. The fraction of sp³-hybridized carbons (Fsp3) is 0.333. The lowest BCUT2D eigenvalue weighted by Crippen LogP contribution is -1.93. The lowest BCUT2D eigenvalue weighted by molar-refractivity contribution is 0.112. The molecule has 0 spiro atoms. The Morgan fingerprint density at radius 2 is 2.31 bits per heavy atom. The van der Waals surface area contributed by atoms with Gasteiger partial charge in [-0.15, -0.1) is 0 Å². The van der Waals surface area contributed by atoms with E-state index in [1.807, 2.05) is 22.7 Å². The lowest BCUT2D eigenvalue weighted by atomic mass is 10.3. The summed E-state index contributed by atoms with van der Waals surface area (Å²) in [5.74, 6) is 2.27. The maximum Gasteiger partial charge on any atom is 0.170 e. The van der Waals surface area contributed by atoms with Gasteiger partial charge in [-0.1, -0.05) is 0 Å². The summed E-state index contributed by atoms with van der Waals surface area (Å²) in [5.41, 5.74) is 1.38. The van der Waals surface area contributed by atoms with Crippen LogP contribution < -0.4 is 4.74 Å². The number of hydrogen-bond donors (Lipinski definition) is 0. The van der Waals surface area contributed by atoms with Gasteiger partial charge in [0.15, 0.2) is 6.29 Å². The van der Waals surface area contributed by atoms with E-state index in [1.54, 1.807) is 7.11 Å². The third-order valence-corrected chi connectivity index (χ3v) is 2.96. The summed E-state index contributed by atoms with van der Waals surface area (Å²) in [4.78, 5) is 15.3. The zero-order chi connectivity index (χ0) is 11.1. The predicted molar refractivity (Wildman–Crippen MR) is 59.1 cm³/mol. The van der Waals surface area contributed by atoms with E-state index in [4.69, 9.17) is 4.74 Å². The first-order valence-electron chi connectivity index (χ1n) is 5.34. The van der Waals surface area contributed by atoms with E-state index in [-0.39, 0.29) is 0 Å². The number of imidazole rings is 1. The molecule has 0 saturated heterocycles. The first-order valence-corrected chi connectivity index (χ1v) is 5.34. The number of methoxy groups -OCH3 is 1. The van der Waals surface area contributed by atoms with Crippen LogP contribution >= 0.6 is 0 Å². The van der Waals surface area contributed by atoms with Crippen molar-refractivity contribution in [3.05, 3.63) is 29.8 Å². The Hall–Kier alpha value is -1.84. The van der Waals surface area contributed by atoms with Gasteiger partial charge in [-0.05, 0) is 25.0 Å². The minimum Gasteiger partial charge on any atom is -0.495 e. The summed E-state index contributed by atoms with van der Waals surface area (Å²) < 4.78 is 7.16. The smallest absolute Gasteiger partial charge is 0.170 e. The van der Waals surface area contributed by atoms with E-state index in [0.29, 0.717) is 11.6 Å². The van der Waals surface area contributed by atoms with E-state index < -0.39 is 0 Å². The van der Waals surface area contributed by atoms with Gasteiger partial charge < -0.3 is 4.74 Å². The molecule has 1 saturated carbocycles. The Bertz CT molecular complexity index is 555. The number of pyridine rings is 1. The standard InChI is InChI=1S/C12H12N2O2/c1-16-9-4-5-11-10(7-15)13-12(8-2-3-8)14(11)6-9/h4-8H,2-3H2,1H3. The van der Waals surface area contributed by atoms with Crippen LogP contribution in [-0.2, 0) is 0 Å². The topological polar surface area (TPSA) is 43.6 Å². The predicted octanol–water partition coefficient (Wildman–Crippen LogP) is 2.03. The van der Waals surface area contributed by atoms with Gasteiger partial charge in [0.25, 0.3) is 0 Å². The molecule has 16 heavy (non-hydrogen) atoms. The number of fused-ring (bicyclic) bond motifs is 1. The van der Waals surface area contributed by atoms with Crippen molar-refractivity contribution in [1.82, 2.24) is 9.38 Å². The summed E-state index contributed by atoms with van der Waals surface area (Å²) in [6.45, 7) is 0. The minimum atomic E-state index is 0.508. The highest BCUT2D eigenvalue weighted by molar-refractivity contribution is 5.84. The van der Waals surface area contributed by atoms with E-state index in [9.17, 15) is 4.79 Å². The number of ether oxygens (including phenoxy) is 1. The third-order valence-electron chi connectivity index (χ3n) is 2.96. The molecule has 0 radical (unpaired) electrons. The second-order valence-electron chi connectivity index (χ2n) is 4.07. The van der Waals surface area contributed by atoms with Crippen molar-refractivity contribution in [2.45, 2.75) is 18.8 Å². The van der Waals surface area contributed by atoms with Crippen LogP contribution in [-0.4, -0.2) is 22.8 Å². The van der Waals surface area contributed by atoms with Gasteiger partial charge in [0.1, 0.15) is 17.3 Å². The lowest BCUT2D eigenvalue weighted by Gasteiger charge is -2.02. The van der Waals surface area contributed by atoms with Gasteiger partial charge in [0.05, 0.1) is 18.8 Å². The summed E-state index contributed by atoms with van der Waals surface area (Å²) in [6, 6.07) is 3.72. The highest BCUT2D eigenvalue weighted by atomic mass is 16.5. The molecule has 0 N–H and O–H groups in total. The quantitative estimate of drug-likeness (QED) is 0.737. The fourth-order valence-electron chi connectivity index (χ4n) is 1.95. The molecule has 0 aliphatic heterocycles. The Morgan fingerprint density at radius 3 is 2.94 bits per heavy atom. The van der Waals surface area contributed by atoms with Crippen LogP contribution in [0.2, 0.25) is 0 Å². The van der Waals surface area contributed by atoms with Crippen molar-refractivity contribution >= 4 is 11.8 Å². The molecule has 2 heterocycles. The van der Waals surface area contributed by atoms with Crippen LogP contribution in [0.5, 0.6) is 5.75 Å². The SMILES string of the molecule is COc1ccc2c(C=O)nc(C3CC3)n2c1. The zero-order valence-electron chi connectivity index (χ0n) is 9.01. The van der Waals surface area contributed by atoms with Crippen molar-refractivity contribution in [3.8, 4) is 5.75 Å². The Balaban J connectivity index is 2.27. The molecule has 1 fully saturated rings. The highest BCUT2D eigenvalue weighted by Gasteiger charge is 2.29. The van der Waals surface area contributed by atoms with Gasteiger partial charge >= 0.3 is 0 Å². The van der Waals surface area contributed by atoms with Crippen molar-refractivity contribution in [1.29, 1.82) is 0 Å². The molecule has 4 heteroatoms. The molecular formula is C12H12N2O2. The molecule has 2 aromatic heterocycles. The highest BCUT2D eigenvalue weighted by Crippen LogP contribution is 2.40. The molecule has 0 atom stereocenters. The van der Waals surface area contributed by atoms with Gasteiger partial charge in [-0.2, -0.15) is 0 Å². The molecule has 0 bridgehead atoms.